The Morgan fingerprint density at radius 3 is 1.20 bits per heavy atom. The van der Waals surface area contributed by atoms with Crippen LogP contribution in [0, 0.1) is 0 Å². The second-order valence-corrected chi connectivity index (χ2v) is 3.58. The Labute approximate surface area is 60.5 Å². The average molecular weight is 140 g/mol. The van der Waals surface area contributed by atoms with Gasteiger partial charge in [0.25, 0.3) is 0 Å². The topological polar surface area (TPSA) is 25.1 Å². The first kappa shape index (κ1) is 5.56. The Balaban J connectivity index is 1.67. The van der Waals surface area contributed by atoms with Crippen molar-refractivity contribution in [1.29, 1.82) is 0 Å². The standard InChI is InChI=1S/C8H12O2/c1-2-6-8(10-6)4-3-7-5(1)9-7/h5-8H,1-4H2. The summed E-state index contributed by atoms with van der Waals surface area (Å²) in [5.74, 6) is 0. The number of fused-ring (bicyclic) bond motifs is 2. The molecule has 2 aliphatic heterocycles. The van der Waals surface area contributed by atoms with Gasteiger partial charge in [0.1, 0.15) is 0 Å². The lowest BCUT2D eigenvalue weighted by atomic mass is 10.0. The van der Waals surface area contributed by atoms with Gasteiger partial charge in [-0.2, -0.15) is 0 Å². The Bertz CT molecular complexity index is 123. The van der Waals surface area contributed by atoms with Crippen molar-refractivity contribution in [2.75, 3.05) is 0 Å². The van der Waals surface area contributed by atoms with Gasteiger partial charge < -0.3 is 9.47 Å². The van der Waals surface area contributed by atoms with Crippen molar-refractivity contribution in [2.45, 2.75) is 50.1 Å². The van der Waals surface area contributed by atoms with Crippen molar-refractivity contribution in [1.82, 2.24) is 0 Å². The zero-order chi connectivity index (χ0) is 6.55. The van der Waals surface area contributed by atoms with E-state index in [1.807, 2.05) is 0 Å². The minimum Gasteiger partial charge on any atom is -0.370 e. The highest BCUT2D eigenvalue weighted by Crippen LogP contribution is 2.41. The number of hydrogen-bond donors (Lipinski definition) is 0. The Hall–Kier alpha value is -0.0800. The average Bonchev–Trinajstić information content (AvgIpc) is 2.70. The molecule has 2 heteroatoms. The monoisotopic (exact) mass is 140 g/mol. The van der Waals surface area contributed by atoms with Gasteiger partial charge in [-0.1, -0.05) is 0 Å². The highest BCUT2D eigenvalue weighted by Gasteiger charge is 2.47. The largest absolute Gasteiger partial charge is 0.370 e. The highest BCUT2D eigenvalue weighted by molar-refractivity contribution is 4.95. The van der Waals surface area contributed by atoms with Gasteiger partial charge in [-0.05, 0) is 25.7 Å². The van der Waals surface area contributed by atoms with Crippen molar-refractivity contribution in [3.63, 3.8) is 0 Å². The second-order valence-electron chi connectivity index (χ2n) is 3.58. The molecule has 3 rings (SSSR count). The fraction of sp³-hybridized carbons (Fsp3) is 1.00. The van der Waals surface area contributed by atoms with E-state index in [1.165, 1.54) is 25.7 Å². The molecular formula is C8H12O2. The molecule has 0 aromatic rings. The van der Waals surface area contributed by atoms with E-state index in [9.17, 15) is 0 Å². The van der Waals surface area contributed by atoms with Crippen LogP contribution in [0.4, 0.5) is 0 Å². The normalized spacial score (nSPS) is 57.6. The zero-order valence-corrected chi connectivity index (χ0v) is 5.95. The summed E-state index contributed by atoms with van der Waals surface area (Å²) in [5, 5.41) is 0. The van der Waals surface area contributed by atoms with E-state index in [4.69, 9.17) is 9.47 Å². The van der Waals surface area contributed by atoms with E-state index < -0.39 is 0 Å². The molecular weight excluding hydrogens is 128 g/mol. The third-order valence-electron chi connectivity index (χ3n) is 2.85. The number of hydrogen-bond acceptors (Lipinski definition) is 2. The maximum atomic E-state index is 5.45. The van der Waals surface area contributed by atoms with E-state index in [0.717, 1.165) is 0 Å². The van der Waals surface area contributed by atoms with Crippen molar-refractivity contribution in [2.24, 2.45) is 0 Å². The maximum Gasteiger partial charge on any atom is 0.0842 e. The third kappa shape index (κ3) is 0.789. The molecule has 3 aliphatic rings. The van der Waals surface area contributed by atoms with Crippen LogP contribution in [0.15, 0.2) is 0 Å². The minimum absolute atomic E-state index is 0.616. The number of ether oxygens (including phenoxy) is 2. The van der Waals surface area contributed by atoms with Crippen LogP contribution in [0.2, 0.25) is 0 Å². The lowest BCUT2D eigenvalue weighted by Crippen LogP contribution is -2.04. The summed E-state index contributed by atoms with van der Waals surface area (Å²) in [6, 6.07) is 0. The lowest BCUT2D eigenvalue weighted by Gasteiger charge is -1.97. The van der Waals surface area contributed by atoms with E-state index in [0.29, 0.717) is 24.4 Å². The van der Waals surface area contributed by atoms with E-state index in [-0.39, 0.29) is 0 Å². The van der Waals surface area contributed by atoms with Crippen LogP contribution < -0.4 is 0 Å². The lowest BCUT2D eigenvalue weighted by molar-refractivity contribution is 0.311. The molecule has 56 valence electrons. The van der Waals surface area contributed by atoms with Gasteiger partial charge in [-0.15, -0.1) is 0 Å². The molecule has 10 heavy (non-hydrogen) atoms. The fourth-order valence-corrected chi connectivity index (χ4v) is 2.03. The predicted molar refractivity (Wildman–Crippen MR) is 35.8 cm³/mol. The third-order valence-corrected chi connectivity index (χ3v) is 2.85. The molecule has 2 nitrogen and oxygen atoms in total. The first-order valence-electron chi connectivity index (χ1n) is 4.24. The summed E-state index contributed by atoms with van der Waals surface area (Å²) in [4.78, 5) is 0. The second kappa shape index (κ2) is 1.74. The first-order valence-corrected chi connectivity index (χ1v) is 4.24. The van der Waals surface area contributed by atoms with Crippen LogP contribution in [0.3, 0.4) is 0 Å². The minimum atomic E-state index is 0.616. The Morgan fingerprint density at radius 2 is 0.900 bits per heavy atom. The summed E-state index contributed by atoms with van der Waals surface area (Å²) in [7, 11) is 0. The molecule has 0 amide bonds. The summed E-state index contributed by atoms with van der Waals surface area (Å²) < 4.78 is 10.9. The quantitative estimate of drug-likeness (QED) is 0.471. The molecule has 1 aliphatic carbocycles. The number of rotatable bonds is 0. The van der Waals surface area contributed by atoms with Crippen molar-refractivity contribution >= 4 is 0 Å². The van der Waals surface area contributed by atoms with E-state index >= 15 is 0 Å². The fourth-order valence-electron chi connectivity index (χ4n) is 2.03. The SMILES string of the molecule is C1CC2OC2CCC2OC12. The summed E-state index contributed by atoms with van der Waals surface area (Å²) >= 11 is 0. The molecule has 0 aromatic heterocycles. The highest BCUT2D eigenvalue weighted by atomic mass is 16.6. The zero-order valence-electron chi connectivity index (χ0n) is 5.95. The summed E-state index contributed by atoms with van der Waals surface area (Å²) in [6.07, 6.45) is 7.43. The van der Waals surface area contributed by atoms with Crippen molar-refractivity contribution in [3.8, 4) is 0 Å². The molecule has 3 fully saturated rings. The Kier molecular flexibility index (Phi) is 0.968. The van der Waals surface area contributed by atoms with Crippen LogP contribution in [0.25, 0.3) is 0 Å². The summed E-state index contributed by atoms with van der Waals surface area (Å²) in [5.41, 5.74) is 0. The van der Waals surface area contributed by atoms with Crippen LogP contribution >= 0.6 is 0 Å². The maximum absolute atomic E-state index is 5.45. The molecule has 2 saturated heterocycles. The molecule has 4 unspecified atom stereocenters. The molecule has 0 spiro atoms. The van der Waals surface area contributed by atoms with E-state index in [1.54, 1.807) is 0 Å². The van der Waals surface area contributed by atoms with Gasteiger partial charge in [0.15, 0.2) is 0 Å². The Morgan fingerprint density at radius 1 is 0.600 bits per heavy atom. The molecule has 0 aromatic carbocycles. The van der Waals surface area contributed by atoms with Crippen LogP contribution in [-0.2, 0) is 9.47 Å². The smallest absolute Gasteiger partial charge is 0.0842 e. The van der Waals surface area contributed by atoms with Crippen molar-refractivity contribution < 1.29 is 9.47 Å². The summed E-state index contributed by atoms with van der Waals surface area (Å²) in [6.45, 7) is 0. The first-order chi connectivity index (χ1) is 4.93. The van der Waals surface area contributed by atoms with Gasteiger partial charge in [0.2, 0.25) is 0 Å². The van der Waals surface area contributed by atoms with Gasteiger partial charge in [-0.3, -0.25) is 0 Å². The molecule has 0 bridgehead atoms. The molecule has 4 atom stereocenters. The van der Waals surface area contributed by atoms with Crippen LogP contribution in [-0.4, -0.2) is 24.4 Å². The van der Waals surface area contributed by atoms with Gasteiger partial charge in [0, 0.05) is 0 Å². The predicted octanol–water partition coefficient (Wildman–Crippen LogP) is 1.10. The van der Waals surface area contributed by atoms with Gasteiger partial charge >= 0.3 is 0 Å². The number of epoxide rings is 2. The van der Waals surface area contributed by atoms with Crippen molar-refractivity contribution in [3.05, 3.63) is 0 Å². The molecule has 1 saturated carbocycles. The van der Waals surface area contributed by atoms with Crippen LogP contribution in [0.5, 0.6) is 0 Å². The van der Waals surface area contributed by atoms with Crippen LogP contribution in [0.1, 0.15) is 25.7 Å². The molecule has 0 N–H and O–H groups in total. The molecule has 0 radical (unpaired) electrons. The van der Waals surface area contributed by atoms with Gasteiger partial charge in [-0.25, -0.2) is 0 Å². The van der Waals surface area contributed by atoms with Gasteiger partial charge in [0.05, 0.1) is 24.4 Å². The van der Waals surface area contributed by atoms with E-state index in [2.05, 4.69) is 0 Å². The molecule has 2 heterocycles.